The fourth-order valence-corrected chi connectivity index (χ4v) is 2.52. The van der Waals surface area contributed by atoms with Crippen molar-refractivity contribution in [2.45, 2.75) is 12.4 Å². The van der Waals surface area contributed by atoms with E-state index < -0.39 is 15.6 Å². The molecule has 0 fully saturated rings. The molecule has 0 atom stereocenters. The molecule has 29 heavy (non-hydrogen) atoms. The first-order valence-corrected chi connectivity index (χ1v) is 9.24. The zero-order valence-corrected chi connectivity index (χ0v) is 15.9. The van der Waals surface area contributed by atoms with E-state index in [4.69, 9.17) is 18.2 Å². The van der Waals surface area contributed by atoms with Gasteiger partial charge in [-0.05, 0) is 24.6 Å². The van der Waals surface area contributed by atoms with E-state index >= 15 is 0 Å². The Labute approximate surface area is 164 Å². The van der Waals surface area contributed by atoms with Crippen molar-refractivity contribution >= 4 is 21.2 Å². The van der Waals surface area contributed by atoms with Crippen LogP contribution < -0.4 is 4.57 Å². The Bertz CT molecular complexity index is 1270. The van der Waals surface area contributed by atoms with Crippen LogP contribution in [0.5, 0.6) is 0 Å². The van der Waals surface area contributed by atoms with Crippen LogP contribution in [0.2, 0.25) is 0 Å². The van der Waals surface area contributed by atoms with Crippen LogP contribution in [-0.4, -0.2) is 23.0 Å². The third kappa shape index (κ3) is 4.71. The highest BCUT2D eigenvalue weighted by Crippen LogP contribution is 2.22. The summed E-state index contributed by atoms with van der Waals surface area (Å²) in [6.45, 7) is 2.05. The predicted molar refractivity (Wildman–Crippen MR) is 94.4 cm³/mol. The quantitative estimate of drug-likeness (QED) is 0.340. The minimum Gasteiger partial charge on any atom is -0.741 e. The fraction of sp³-hybridized carbons (Fsp3) is 0.167. The molecule has 0 saturated heterocycles. The average Bonchev–Trinajstić information content (AvgIpc) is 2.95. The van der Waals surface area contributed by atoms with Crippen LogP contribution in [-0.2, 0) is 17.2 Å². The summed E-state index contributed by atoms with van der Waals surface area (Å²) < 4.78 is 62.9. The Kier molecular flexibility index (Phi) is 5.97. The maximum absolute atomic E-state index is 10.7. The number of nitriles is 2. The largest absolute Gasteiger partial charge is 0.741 e. The van der Waals surface area contributed by atoms with Crippen LogP contribution in [0.3, 0.4) is 0 Å². The highest BCUT2D eigenvalue weighted by molar-refractivity contribution is 7.86. The predicted octanol–water partition coefficient (Wildman–Crippen LogP) is 2.56. The van der Waals surface area contributed by atoms with Gasteiger partial charge in [-0.2, -0.15) is 28.3 Å². The Balaban J connectivity index is 0.000000321. The van der Waals surface area contributed by atoms with Gasteiger partial charge in [0.25, 0.3) is 0 Å². The lowest BCUT2D eigenvalue weighted by atomic mass is 10.1. The molecular weight excluding hydrogens is 409 g/mol. The summed E-state index contributed by atoms with van der Waals surface area (Å²) in [6.07, 6.45) is 1.96. The lowest BCUT2D eigenvalue weighted by Crippen LogP contribution is -2.25. The van der Waals surface area contributed by atoms with Crippen molar-refractivity contribution < 1.29 is 30.7 Å². The number of nitrogens with zero attached hydrogens (tertiary/aromatic N) is 4. The molecule has 3 rings (SSSR count). The standard InChI is InChI=1S/C17H13N4.CHF3O3S/c1-12-4-3-5-15(6-12)21-11-20(2)16-7-13(9-18)14(10-19)8-17(16)21;2-1(3,4)8(5,6)7/h3-8,11H,1-2H3;(H,5,6,7)/q+1;/p-1. The summed E-state index contributed by atoms with van der Waals surface area (Å²) in [7, 11) is -4.16. The number of imidazole rings is 1. The number of alkyl halides is 3. The fourth-order valence-electron chi connectivity index (χ4n) is 2.52. The van der Waals surface area contributed by atoms with E-state index in [2.05, 4.69) is 18.2 Å². The number of rotatable bonds is 1. The summed E-state index contributed by atoms with van der Waals surface area (Å²) in [5.74, 6) is 0. The van der Waals surface area contributed by atoms with Crippen molar-refractivity contribution in [1.29, 1.82) is 10.5 Å². The molecule has 0 unspecified atom stereocenters. The third-order valence-electron chi connectivity index (χ3n) is 3.85. The molecule has 0 bridgehead atoms. The van der Waals surface area contributed by atoms with Gasteiger partial charge < -0.3 is 4.55 Å². The van der Waals surface area contributed by atoms with Crippen molar-refractivity contribution in [1.82, 2.24) is 4.57 Å². The van der Waals surface area contributed by atoms with E-state index in [0.29, 0.717) is 11.1 Å². The molecule has 0 aliphatic carbocycles. The Morgan fingerprint density at radius 1 is 1.10 bits per heavy atom. The minimum atomic E-state index is -6.09. The maximum atomic E-state index is 10.7. The van der Waals surface area contributed by atoms with Gasteiger partial charge in [0, 0.05) is 12.1 Å². The number of hydrogen-bond donors (Lipinski definition) is 0. The van der Waals surface area contributed by atoms with Gasteiger partial charge in [-0.1, -0.05) is 12.1 Å². The first-order valence-electron chi connectivity index (χ1n) is 7.83. The van der Waals surface area contributed by atoms with Crippen molar-refractivity contribution in [2.24, 2.45) is 7.05 Å². The molecule has 0 spiro atoms. The molecule has 0 aliphatic rings. The molecule has 150 valence electrons. The summed E-state index contributed by atoms with van der Waals surface area (Å²) in [6, 6.07) is 15.9. The van der Waals surface area contributed by atoms with Crippen LogP contribution in [0, 0.1) is 29.6 Å². The van der Waals surface area contributed by atoms with Crippen LogP contribution >= 0.6 is 0 Å². The number of aromatic nitrogens is 2. The third-order valence-corrected chi connectivity index (χ3v) is 4.41. The zero-order valence-electron chi connectivity index (χ0n) is 15.1. The van der Waals surface area contributed by atoms with Gasteiger partial charge in [0.15, 0.2) is 21.2 Å². The highest BCUT2D eigenvalue weighted by atomic mass is 32.2. The Hall–Kier alpha value is -3.41. The first-order chi connectivity index (χ1) is 13.4. The van der Waals surface area contributed by atoms with Gasteiger partial charge in [-0.25, -0.2) is 13.0 Å². The van der Waals surface area contributed by atoms with E-state index in [1.165, 1.54) is 5.56 Å². The van der Waals surface area contributed by atoms with Crippen LogP contribution in [0.25, 0.3) is 16.7 Å². The van der Waals surface area contributed by atoms with Gasteiger partial charge in [0.05, 0.1) is 18.2 Å². The molecule has 0 radical (unpaired) electrons. The van der Waals surface area contributed by atoms with Gasteiger partial charge in [-0.15, -0.1) is 0 Å². The molecular formula is C18H13F3N4O3S. The van der Waals surface area contributed by atoms with Gasteiger partial charge >= 0.3 is 5.51 Å². The Morgan fingerprint density at radius 2 is 1.66 bits per heavy atom. The molecule has 0 aliphatic heterocycles. The van der Waals surface area contributed by atoms with Crippen molar-refractivity contribution in [3.05, 3.63) is 59.4 Å². The Morgan fingerprint density at radius 3 is 2.14 bits per heavy atom. The molecule has 1 heterocycles. The van der Waals surface area contributed by atoms with Crippen molar-refractivity contribution in [3.8, 4) is 17.8 Å². The molecule has 2 aromatic carbocycles. The van der Waals surface area contributed by atoms with Gasteiger partial charge in [0.2, 0.25) is 6.33 Å². The van der Waals surface area contributed by atoms with E-state index in [1.54, 1.807) is 12.1 Å². The molecule has 0 amide bonds. The first kappa shape index (κ1) is 21.9. The lowest BCUT2D eigenvalue weighted by Gasteiger charge is -2.08. The molecule has 0 N–H and O–H groups in total. The number of fused-ring (bicyclic) bond motifs is 1. The van der Waals surface area contributed by atoms with E-state index in [1.807, 2.05) is 47.6 Å². The maximum Gasteiger partial charge on any atom is 0.485 e. The second kappa shape index (κ2) is 7.91. The number of aryl methyl sites for hydroxylation is 2. The SMILES string of the molecule is Cc1cccc(-n2c[n+](C)c3cc(C#N)c(C#N)cc32)c1.O=S(=O)([O-])C(F)(F)F. The van der Waals surface area contributed by atoms with Crippen LogP contribution in [0.4, 0.5) is 13.2 Å². The van der Waals surface area contributed by atoms with Crippen molar-refractivity contribution in [3.63, 3.8) is 0 Å². The molecule has 0 saturated carbocycles. The van der Waals surface area contributed by atoms with Gasteiger partial charge in [0.1, 0.15) is 17.8 Å². The molecule has 1 aromatic heterocycles. The van der Waals surface area contributed by atoms with E-state index in [9.17, 15) is 18.4 Å². The normalized spacial score (nSPS) is 11.3. The van der Waals surface area contributed by atoms with Crippen LogP contribution in [0.15, 0.2) is 42.7 Å². The van der Waals surface area contributed by atoms with Crippen LogP contribution in [0.1, 0.15) is 16.7 Å². The lowest BCUT2D eigenvalue weighted by molar-refractivity contribution is -0.645. The van der Waals surface area contributed by atoms with Gasteiger partial charge in [-0.3, -0.25) is 0 Å². The number of hydrogen-bond acceptors (Lipinski definition) is 5. The topological polar surface area (TPSA) is 114 Å². The van der Waals surface area contributed by atoms with E-state index in [0.717, 1.165) is 16.7 Å². The highest BCUT2D eigenvalue weighted by Gasteiger charge is 2.36. The minimum absolute atomic E-state index is 0.401. The average molecular weight is 422 g/mol. The molecule has 7 nitrogen and oxygen atoms in total. The molecule has 3 aromatic rings. The summed E-state index contributed by atoms with van der Waals surface area (Å²) in [4.78, 5) is 0. The summed E-state index contributed by atoms with van der Waals surface area (Å²) in [5.41, 5.74) is -0.793. The number of halogens is 3. The van der Waals surface area contributed by atoms with Crippen molar-refractivity contribution in [2.75, 3.05) is 0 Å². The second-order valence-electron chi connectivity index (χ2n) is 5.95. The smallest absolute Gasteiger partial charge is 0.485 e. The zero-order chi connectivity index (χ0) is 22.0. The summed E-state index contributed by atoms with van der Waals surface area (Å²) in [5, 5.41) is 18.3. The number of benzene rings is 2. The summed E-state index contributed by atoms with van der Waals surface area (Å²) >= 11 is 0. The molecule has 11 heteroatoms. The monoisotopic (exact) mass is 422 g/mol. The second-order valence-corrected chi connectivity index (χ2v) is 7.32. The van der Waals surface area contributed by atoms with E-state index in [-0.39, 0.29) is 0 Å².